The molecule has 40 nitrogen and oxygen atoms in total. The number of nitro groups is 10. The number of nitro benzene ring substituents is 10. The summed E-state index contributed by atoms with van der Waals surface area (Å²) < 4.78 is 0. The van der Waals surface area contributed by atoms with E-state index in [0.717, 1.165) is 60.7 Å². The van der Waals surface area contributed by atoms with Crippen molar-refractivity contribution in [2.24, 2.45) is 0 Å². The molecule has 0 amide bonds. The standard InChI is InChI=1S/10C6H5NO3.C6H12.4K.2Sm/c10*8-6-4-2-1-3-5(6)7(9)10;1-2-4-6-5-3-1;;;;;;/h10*1-4,8H;1-6H2;;;;;;/q;;;;;;;;;;;4*+1;2*+3/p-10. The first-order valence-corrected chi connectivity index (χ1v) is 29.2. The van der Waals surface area contributed by atoms with Crippen molar-refractivity contribution in [1.82, 2.24) is 0 Å². The predicted octanol–water partition coefficient (Wildman–Crippen LogP) is -2.96. The molecule has 1 aliphatic carbocycles. The van der Waals surface area contributed by atoms with E-state index in [-0.39, 0.29) is 343 Å². The molecule has 46 heteroatoms. The zero-order chi connectivity index (χ0) is 79.8. The zero-order valence-corrected chi connectivity index (χ0v) is 76.6. The van der Waals surface area contributed by atoms with Gasteiger partial charge in [0.1, 0.15) is 0 Å². The van der Waals surface area contributed by atoms with E-state index in [1.165, 1.54) is 221 Å². The minimum absolute atomic E-state index is 0. The van der Waals surface area contributed by atoms with Crippen LogP contribution < -0.4 is 257 Å². The van der Waals surface area contributed by atoms with Crippen LogP contribution in [0.5, 0.6) is 57.5 Å². The first-order valence-electron chi connectivity index (χ1n) is 29.2. The molecular formula is C66H52K4N10O30Sm2. The van der Waals surface area contributed by atoms with E-state index in [0.29, 0.717) is 0 Å². The van der Waals surface area contributed by atoms with Gasteiger partial charge < -0.3 is 51.1 Å². The van der Waals surface area contributed by atoms with Gasteiger partial charge in [-0.3, -0.25) is 101 Å². The maximum Gasteiger partial charge on any atom is 3.00 e. The monoisotopic (exact) mass is 1920 g/mol. The summed E-state index contributed by atoms with van der Waals surface area (Å²) >= 11 is 0. The summed E-state index contributed by atoms with van der Waals surface area (Å²) in [4.78, 5) is 93.4. The number of hydrogen-bond donors (Lipinski definition) is 0. The van der Waals surface area contributed by atoms with Gasteiger partial charge in [-0.25, -0.2) is 0 Å². The van der Waals surface area contributed by atoms with Crippen LogP contribution in [-0.2, 0) is 0 Å². The largest absolute Gasteiger partial charge is 3.00 e. The van der Waals surface area contributed by atoms with Crippen molar-refractivity contribution < 1.29 is 387 Å². The number of nitrogens with zero attached hydrogens (tertiary/aromatic N) is 10. The van der Waals surface area contributed by atoms with E-state index in [9.17, 15) is 152 Å². The van der Waals surface area contributed by atoms with Crippen LogP contribution in [0.1, 0.15) is 38.5 Å². The second kappa shape index (κ2) is 66.7. The SMILES string of the molecule is C1CCCCC1.O=[N+]([O-])c1ccccc1[O-].O=[N+]([O-])c1ccccc1[O-].O=[N+]([O-])c1ccccc1[O-].O=[N+]([O-])c1ccccc1[O-].O=[N+]([O-])c1ccccc1[O-].O=[N+]([O-])c1ccccc1[O-].O=[N+]([O-])c1ccccc1[O-].O=[N+]([O-])c1ccccc1[O-].O=[N+]([O-])c1ccccc1[O-].O=[N+]([O-])c1ccccc1[O-].[K+].[K+].[K+].[K+].[Sm+3].[Sm+3]. The molecule has 0 unspecified atom stereocenters. The summed E-state index contributed by atoms with van der Waals surface area (Å²) in [6, 6.07) is 52.7. The van der Waals surface area contributed by atoms with Crippen molar-refractivity contribution in [2.45, 2.75) is 38.5 Å². The van der Waals surface area contributed by atoms with Gasteiger partial charge in [0.15, 0.2) is 0 Å². The van der Waals surface area contributed by atoms with E-state index < -0.39 is 107 Å². The van der Waals surface area contributed by atoms with Gasteiger partial charge >= 0.3 is 286 Å². The van der Waals surface area contributed by atoms with Gasteiger partial charge in [0.25, 0.3) is 56.9 Å². The molecule has 1 aliphatic rings. The Morgan fingerprint density at radius 2 is 0.214 bits per heavy atom. The number of rotatable bonds is 10. The number of benzene rings is 10. The van der Waals surface area contributed by atoms with Gasteiger partial charge in [-0.2, -0.15) is 0 Å². The van der Waals surface area contributed by atoms with Crippen LogP contribution in [0.25, 0.3) is 0 Å². The molecule has 0 saturated heterocycles. The Hall–Kier alpha value is -6.58. The Morgan fingerprint density at radius 1 is 0.152 bits per heavy atom. The Kier molecular flexibility index (Phi) is 69.2. The van der Waals surface area contributed by atoms with Gasteiger partial charge in [-0.05, 0) is 57.5 Å². The maximum absolute atomic E-state index is 10.6. The molecule has 1 saturated carbocycles. The third-order valence-corrected chi connectivity index (χ3v) is 12.1. The van der Waals surface area contributed by atoms with Gasteiger partial charge in [0, 0.05) is 60.7 Å². The number of hydrogen-bond acceptors (Lipinski definition) is 30. The molecule has 0 aromatic heterocycles. The summed E-state index contributed by atoms with van der Waals surface area (Å²) in [5.41, 5.74) is -3.73. The van der Waals surface area contributed by atoms with Crippen LogP contribution >= 0.6 is 0 Å². The van der Waals surface area contributed by atoms with E-state index in [1.54, 1.807) is 0 Å². The Bertz CT molecular complexity index is 3650. The molecular weight excluding hydrogens is 1870 g/mol. The average molecular weight is 1920 g/mol. The van der Waals surface area contributed by atoms with E-state index in [1.807, 2.05) is 0 Å². The fourth-order valence-electron chi connectivity index (χ4n) is 7.14. The molecule has 112 heavy (non-hydrogen) atoms. The van der Waals surface area contributed by atoms with Crippen LogP contribution in [0.2, 0.25) is 0 Å². The van der Waals surface area contributed by atoms with E-state index in [2.05, 4.69) is 0 Å². The molecule has 0 N–H and O–H groups in total. The van der Waals surface area contributed by atoms with Gasteiger partial charge in [-0.1, -0.05) is 221 Å². The van der Waals surface area contributed by atoms with Gasteiger partial charge in [0.2, 0.25) is 0 Å². The zero-order valence-electron chi connectivity index (χ0n) is 58.9. The normalized spacial score (nSPS) is 9.50. The molecule has 0 heterocycles. The number of para-hydroxylation sites is 20. The molecule has 562 valence electrons. The molecule has 2 radical (unpaired) electrons. The van der Waals surface area contributed by atoms with Crippen molar-refractivity contribution in [2.75, 3.05) is 0 Å². The summed E-state index contributed by atoms with van der Waals surface area (Å²) in [5.74, 6) is -5.49. The van der Waals surface area contributed by atoms with Crippen LogP contribution in [0.15, 0.2) is 243 Å². The Morgan fingerprint density at radius 3 is 0.259 bits per heavy atom. The smallest absolute Gasteiger partial charge is 0.868 e. The van der Waals surface area contributed by atoms with Crippen molar-refractivity contribution in [1.29, 1.82) is 0 Å². The molecule has 11 rings (SSSR count). The fraction of sp³-hybridized carbons (Fsp3) is 0.0909. The molecule has 0 spiro atoms. The fourth-order valence-corrected chi connectivity index (χ4v) is 7.14. The van der Waals surface area contributed by atoms with Crippen molar-refractivity contribution >= 4 is 56.9 Å². The van der Waals surface area contributed by atoms with Crippen LogP contribution in [-0.4, -0.2) is 49.2 Å². The second-order valence-corrected chi connectivity index (χ2v) is 19.4. The first-order chi connectivity index (χ1) is 50.2. The quantitative estimate of drug-likeness (QED) is 0.0750. The second-order valence-electron chi connectivity index (χ2n) is 19.4. The van der Waals surface area contributed by atoms with Crippen LogP contribution in [0.4, 0.5) is 56.9 Å². The molecule has 0 atom stereocenters. The summed E-state index contributed by atoms with van der Waals surface area (Å²) in [6.45, 7) is 0. The molecule has 0 bridgehead atoms. The molecule has 1 fully saturated rings. The first kappa shape index (κ1) is 116. The topological polar surface area (TPSA) is 662 Å². The average Bonchev–Trinajstić information content (AvgIpc) is 0.987. The third kappa shape index (κ3) is 48.6. The summed E-state index contributed by atoms with van der Waals surface area (Å²) in [6.07, 6.45) is 9.00. The molecule has 10 aromatic carbocycles. The summed E-state index contributed by atoms with van der Waals surface area (Å²) in [5, 5.41) is 206. The van der Waals surface area contributed by atoms with Crippen molar-refractivity contribution in [3.63, 3.8) is 0 Å². The van der Waals surface area contributed by atoms with Gasteiger partial charge in [0.05, 0.1) is 49.2 Å². The van der Waals surface area contributed by atoms with Crippen molar-refractivity contribution in [3.8, 4) is 57.5 Å². The minimum atomic E-state index is -0.692. The predicted molar refractivity (Wildman–Crippen MR) is 353 cm³/mol. The van der Waals surface area contributed by atoms with Crippen molar-refractivity contribution in [3.05, 3.63) is 344 Å². The Balaban J connectivity index is -0.000000275. The van der Waals surface area contributed by atoms with Crippen LogP contribution in [0.3, 0.4) is 0 Å². The minimum Gasteiger partial charge on any atom is -0.868 e. The third-order valence-electron chi connectivity index (χ3n) is 12.1. The van der Waals surface area contributed by atoms with E-state index >= 15 is 0 Å². The maximum atomic E-state index is 10.6. The summed E-state index contributed by atoms with van der Waals surface area (Å²) in [7, 11) is 0. The van der Waals surface area contributed by atoms with E-state index in [4.69, 9.17) is 0 Å². The molecule has 0 aliphatic heterocycles. The van der Waals surface area contributed by atoms with Gasteiger partial charge in [-0.15, -0.1) is 0 Å². The molecule has 10 aromatic rings. The van der Waals surface area contributed by atoms with Crippen LogP contribution in [0, 0.1) is 182 Å². The Labute approximate surface area is 868 Å².